The lowest BCUT2D eigenvalue weighted by atomic mass is 10.1. The SMILES string of the molecule is CC(C)N1CC(CNC(=O)c2cncnc2)CC1=O. The summed E-state index contributed by atoms with van der Waals surface area (Å²) in [5.74, 6) is 0.150. The molecular weight excluding hydrogens is 244 g/mol. The van der Waals surface area contributed by atoms with Gasteiger partial charge < -0.3 is 10.2 Å². The third-order valence-corrected chi connectivity index (χ3v) is 3.24. The first kappa shape index (κ1) is 13.5. The predicted molar refractivity (Wildman–Crippen MR) is 69.3 cm³/mol. The maximum atomic E-state index is 11.8. The molecule has 1 unspecified atom stereocenters. The summed E-state index contributed by atoms with van der Waals surface area (Å²) in [6, 6.07) is 0.218. The number of amides is 2. The molecule has 102 valence electrons. The van der Waals surface area contributed by atoms with Crippen molar-refractivity contribution in [3.05, 3.63) is 24.3 Å². The third-order valence-electron chi connectivity index (χ3n) is 3.24. The van der Waals surface area contributed by atoms with Crippen LogP contribution in [0.1, 0.15) is 30.6 Å². The molecule has 0 bridgehead atoms. The van der Waals surface area contributed by atoms with Gasteiger partial charge in [0.2, 0.25) is 5.91 Å². The van der Waals surface area contributed by atoms with Crippen molar-refractivity contribution in [2.75, 3.05) is 13.1 Å². The van der Waals surface area contributed by atoms with Gasteiger partial charge in [0, 0.05) is 43.9 Å². The van der Waals surface area contributed by atoms with Crippen LogP contribution < -0.4 is 5.32 Å². The lowest BCUT2D eigenvalue weighted by Crippen LogP contribution is -2.34. The zero-order valence-electron chi connectivity index (χ0n) is 11.2. The molecular formula is C13H18N4O2. The molecule has 0 spiro atoms. The second-order valence-electron chi connectivity index (χ2n) is 5.05. The van der Waals surface area contributed by atoms with Gasteiger partial charge in [-0.1, -0.05) is 0 Å². The van der Waals surface area contributed by atoms with E-state index in [-0.39, 0.29) is 23.8 Å². The number of aromatic nitrogens is 2. The molecule has 2 rings (SSSR count). The van der Waals surface area contributed by atoms with Crippen LogP contribution in [0, 0.1) is 5.92 Å². The van der Waals surface area contributed by atoms with Crippen molar-refractivity contribution in [3.8, 4) is 0 Å². The highest BCUT2D eigenvalue weighted by atomic mass is 16.2. The van der Waals surface area contributed by atoms with E-state index in [1.165, 1.54) is 18.7 Å². The van der Waals surface area contributed by atoms with Crippen molar-refractivity contribution in [1.82, 2.24) is 20.2 Å². The quantitative estimate of drug-likeness (QED) is 0.855. The third kappa shape index (κ3) is 3.27. The molecule has 0 radical (unpaired) electrons. The monoisotopic (exact) mass is 262 g/mol. The second kappa shape index (κ2) is 5.77. The van der Waals surface area contributed by atoms with E-state index in [4.69, 9.17) is 0 Å². The highest BCUT2D eigenvalue weighted by molar-refractivity contribution is 5.93. The molecule has 0 saturated carbocycles. The molecule has 6 nitrogen and oxygen atoms in total. The van der Waals surface area contributed by atoms with Crippen LogP contribution in [0.5, 0.6) is 0 Å². The zero-order valence-corrected chi connectivity index (χ0v) is 11.2. The summed E-state index contributed by atoms with van der Waals surface area (Å²) in [6.07, 6.45) is 4.84. The van der Waals surface area contributed by atoms with Crippen molar-refractivity contribution >= 4 is 11.8 Å². The van der Waals surface area contributed by atoms with Gasteiger partial charge in [-0.05, 0) is 13.8 Å². The van der Waals surface area contributed by atoms with Crippen molar-refractivity contribution in [3.63, 3.8) is 0 Å². The van der Waals surface area contributed by atoms with Gasteiger partial charge in [-0.15, -0.1) is 0 Å². The maximum Gasteiger partial charge on any atom is 0.254 e. The summed E-state index contributed by atoms with van der Waals surface area (Å²) in [4.78, 5) is 33.0. The van der Waals surface area contributed by atoms with E-state index in [2.05, 4.69) is 15.3 Å². The first-order valence-electron chi connectivity index (χ1n) is 6.40. The lowest BCUT2D eigenvalue weighted by molar-refractivity contribution is -0.129. The van der Waals surface area contributed by atoms with Gasteiger partial charge in [0.25, 0.3) is 5.91 Å². The van der Waals surface area contributed by atoms with Crippen LogP contribution in [-0.2, 0) is 4.79 Å². The van der Waals surface area contributed by atoms with Crippen LogP contribution in [-0.4, -0.2) is 45.8 Å². The van der Waals surface area contributed by atoms with E-state index < -0.39 is 0 Å². The molecule has 1 fully saturated rings. The number of likely N-dealkylation sites (tertiary alicyclic amines) is 1. The summed E-state index contributed by atoms with van der Waals surface area (Å²) in [5.41, 5.74) is 0.438. The lowest BCUT2D eigenvalue weighted by Gasteiger charge is -2.21. The van der Waals surface area contributed by atoms with Gasteiger partial charge in [0.1, 0.15) is 6.33 Å². The standard InChI is InChI=1S/C13H18N4O2/c1-9(2)17-7-10(3-12(17)18)4-16-13(19)11-5-14-8-15-6-11/h5-6,8-10H,3-4,7H2,1-2H3,(H,16,19). The van der Waals surface area contributed by atoms with E-state index in [0.717, 1.165) is 0 Å². The average Bonchev–Trinajstić information content (AvgIpc) is 2.78. The molecule has 1 aliphatic heterocycles. The van der Waals surface area contributed by atoms with Gasteiger partial charge in [-0.3, -0.25) is 9.59 Å². The van der Waals surface area contributed by atoms with Crippen molar-refractivity contribution in [2.45, 2.75) is 26.3 Å². The first-order chi connectivity index (χ1) is 9.08. The minimum atomic E-state index is -0.198. The molecule has 0 aliphatic carbocycles. The molecule has 2 heterocycles. The van der Waals surface area contributed by atoms with E-state index in [9.17, 15) is 9.59 Å². The van der Waals surface area contributed by atoms with Gasteiger partial charge in [0.15, 0.2) is 0 Å². The second-order valence-corrected chi connectivity index (χ2v) is 5.05. The minimum Gasteiger partial charge on any atom is -0.352 e. The topological polar surface area (TPSA) is 75.2 Å². The number of carbonyl (C=O) groups excluding carboxylic acids is 2. The number of nitrogens with zero attached hydrogens (tertiary/aromatic N) is 3. The number of rotatable bonds is 4. The molecule has 1 atom stereocenters. The zero-order chi connectivity index (χ0) is 13.8. The fraction of sp³-hybridized carbons (Fsp3) is 0.538. The van der Waals surface area contributed by atoms with Crippen molar-refractivity contribution < 1.29 is 9.59 Å². The molecule has 1 aromatic heterocycles. The molecule has 6 heteroatoms. The van der Waals surface area contributed by atoms with Crippen LogP contribution in [0.15, 0.2) is 18.7 Å². The maximum absolute atomic E-state index is 11.8. The van der Waals surface area contributed by atoms with E-state index in [0.29, 0.717) is 25.1 Å². The van der Waals surface area contributed by atoms with Gasteiger partial charge in [-0.25, -0.2) is 9.97 Å². The van der Waals surface area contributed by atoms with Crippen LogP contribution >= 0.6 is 0 Å². The van der Waals surface area contributed by atoms with Crippen LogP contribution in [0.25, 0.3) is 0 Å². The van der Waals surface area contributed by atoms with Crippen LogP contribution in [0.2, 0.25) is 0 Å². The Morgan fingerprint density at radius 2 is 2.16 bits per heavy atom. The van der Waals surface area contributed by atoms with Crippen molar-refractivity contribution in [1.29, 1.82) is 0 Å². The van der Waals surface area contributed by atoms with Gasteiger partial charge >= 0.3 is 0 Å². The Kier molecular flexibility index (Phi) is 4.09. The van der Waals surface area contributed by atoms with E-state index >= 15 is 0 Å². The number of nitrogens with one attached hydrogen (secondary N) is 1. The molecule has 2 amide bonds. The summed E-state index contributed by atoms with van der Waals surface area (Å²) in [7, 11) is 0. The minimum absolute atomic E-state index is 0.164. The summed E-state index contributed by atoms with van der Waals surface area (Å²) < 4.78 is 0. The van der Waals surface area contributed by atoms with E-state index in [1.54, 1.807) is 0 Å². The number of hydrogen-bond acceptors (Lipinski definition) is 4. The number of hydrogen-bond donors (Lipinski definition) is 1. The average molecular weight is 262 g/mol. The Morgan fingerprint density at radius 1 is 1.47 bits per heavy atom. The Labute approximate surface area is 112 Å². The van der Waals surface area contributed by atoms with Crippen LogP contribution in [0.3, 0.4) is 0 Å². The fourth-order valence-corrected chi connectivity index (χ4v) is 2.20. The molecule has 19 heavy (non-hydrogen) atoms. The predicted octanol–water partition coefficient (Wildman–Crippen LogP) is 0.463. The fourth-order valence-electron chi connectivity index (χ4n) is 2.20. The number of carbonyl (C=O) groups is 2. The van der Waals surface area contributed by atoms with E-state index in [1.807, 2.05) is 18.7 Å². The molecule has 0 aromatic carbocycles. The summed E-state index contributed by atoms with van der Waals surface area (Å²) in [6.45, 7) is 5.21. The Bertz CT molecular complexity index is 461. The van der Waals surface area contributed by atoms with Gasteiger partial charge in [0.05, 0.1) is 5.56 Å². The molecule has 1 aromatic rings. The largest absolute Gasteiger partial charge is 0.352 e. The molecule has 1 aliphatic rings. The first-order valence-corrected chi connectivity index (χ1v) is 6.40. The summed E-state index contributed by atoms with van der Waals surface area (Å²) >= 11 is 0. The van der Waals surface area contributed by atoms with Gasteiger partial charge in [-0.2, -0.15) is 0 Å². The Balaban J connectivity index is 1.84. The Morgan fingerprint density at radius 3 is 2.74 bits per heavy atom. The Hall–Kier alpha value is -1.98. The normalized spacial score (nSPS) is 19.0. The summed E-state index contributed by atoms with van der Waals surface area (Å²) in [5, 5.41) is 2.82. The van der Waals surface area contributed by atoms with Crippen LogP contribution in [0.4, 0.5) is 0 Å². The van der Waals surface area contributed by atoms with Crippen molar-refractivity contribution in [2.24, 2.45) is 5.92 Å². The highest BCUT2D eigenvalue weighted by Crippen LogP contribution is 2.19. The molecule has 1 saturated heterocycles. The smallest absolute Gasteiger partial charge is 0.254 e. The highest BCUT2D eigenvalue weighted by Gasteiger charge is 2.31. The molecule has 1 N–H and O–H groups in total.